The van der Waals surface area contributed by atoms with Crippen molar-refractivity contribution in [2.75, 3.05) is 13.6 Å². The van der Waals surface area contributed by atoms with E-state index in [1.54, 1.807) is 31.4 Å². The van der Waals surface area contributed by atoms with Gasteiger partial charge in [0, 0.05) is 38.4 Å². The van der Waals surface area contributed by atoms with Gasteiger partial charge in [-0.3, -0.25) is 9.13 Å². The molecule has 0 fully saturated rings. The first-order valence-electron chi connectivity index (χ1n) is 7.00. The molecule has 3 aromatic rings. The Labute approximate surface area is 128 Å². The molecule has 7 heteroatoms. The molecule has 0 saturated carbocycles. The maximum absolute atomic E-state index is 4.68. The number of hydrogen-bond acceptors (Lipinski definition) is 4. The predicted octanol–water partition coefficient (Wildman–Crippen LogP) is 2.06. The van der Waals surface area contributed by atoms with Crippen LogP contribution in [0.2, 0.25) is 0 Å². The molecule has 0 radical (unpaired) electrons. The van der Waals surface area contributed by atoms with Crippen molar-refractivity contribution in [3.05, 3.63) is 49.6 Å². The highest BCUT2D eigenvalue weighted by atomic mass is 15.2. The summed E-state index contributed by atoms with van der Waals surface area (Å²) in [4.78, 5) is 19.3. The molecule has 112 valence electrons. The highest BCUT2D eigenvalue weighted by Gasteiger charge is 2.08. The van der Waals surface area contributed by atoms with Crippen LogP contribution in [-0.2, 0) is 0 Å². The lowest BCUT2D eigenvalue weighted by Gasteiger charge is -2.11. The minimum atomic E-state index is 0.726. The standard InChI is InChI=1S/C15H17N7/c1-3-20(2)12-18-13-4-5-14(21-8-6-16-10-21)19-15(13)22-9-7-17-11-22/h4-12H,3H2,1-2H3. The van der Waals surface area contributed by atoms with E-state index in [0.29, 0.717) is 0 Å². The Hall–Kier alpha value is -2.96. The van der Waals surface area contributed by atoms with Crippen molar-refractivity contribution in [2.24, 2.45) is 4.99 Å². The molecule has 3 heterocycles. The van der Waals surface area contributed by atoms with Crippen LogP contribution < -0.4 is 0 Å². The molecule has 3 rings (SSSR count). The summed E-state index contributed by atoms with van der Waals surface area (Å²) in [5.74, 6) is 1.51. The molecule has 0 aliphatic rings. The topological polar surface area (TPSA) is 64.1 Å². The van der Waals surface area contributed by atoms with E-state index in [0.717, 1.165) is 23.9 Å². The van der Waals surface area contributed by atoms with Crippen LogP contribution in [-0.4, -0.2) is 48.9 Å². The first-order chi connectivity index (χ1) is 10.8. The van der Waals surface area contributed by atoms with Gasteiger partial charge in [-0.1, -0.05) is 0 Å². The van der Waals surface area contributed by atoms with Crippen molar-refractivity contribution in [3.8, 4) is 11.6 Å². The molecular weight excluding hydrogens is 278 g/mol. The zero-order chi connectivity index (χ0) is 15.4. The van der Waals surface area contributed by atoms with Gasteiger partial charge >= 0.3 is 0 Å². The molecule has 0 aromatic carbocycles. The SMILES string of the molecule is CCN(C)C=Nc1ccc(-n2ccnc2)nc1-n1ccnc1. The summed E-state index contributed by atoms with van der Waals surface area (Å²) >= 11 is 0. The monoisotopic (exact) mass is 295 g/mol. The van der Waals surface area contributed by atoms with Gasteiger partial charge in [0.05, 0.1) is 6.34 Å². The number of aromatic nitrogens is 5. The van der Waals surface area contributed by atoms with E-state index in [1.165, 1.54) is 0 Å². The van der Waals surface area contributed by atoms with E-state index in [2.05, 4.69) is 26.9 Å². The number of imidazole rings is 2. The third kappa shape index (κ3) is 2.88. The van der Waals surface area contributed by atoms with E-state index < -0.39 is 0 Å². The van der Waals surface area contributed by atoms with Crippen LogP contribution in [0.1, 0.15) is 6.92 Å². The molecule has 0 aliphatic heterocycles. The summed E-state index contributed by atoms with van der Waals surface area (Å²) in [6.07, 6.45) is 12.4. The molecule has 0 unspecified atom stereocenters. The number of pyridine rings is 1. The number of hydrogen-bond donors (Lipinski definition) is 0. The van der Waals surface area contributed by atoms with Crippen molar-refractivity contribution >= 4 is 12.0 Å². The van der Waals surface area contributed by atoms with Crippen molar-refractivity contribution in [1.82, 2.24) is 29.0 Å². The van der Waals surface area contributed by atoms with Gasteiger partial charge in [0.25, 0.3) is 0 Å². The van der Waals surface area contributed by atoms with Gasteiger partial charge in [0.2, 0.25) is 0 Å². The van der Waals surface area contributed by atoms with E-state index in [4.69, 9.17) is 0 Å². The molecule has 0 aliphatic carbocycles. The van der Waals surface area contributed by atoms with Crippen molar-refractivity contribution in [1.29, 1.82) is 0 Å². The summed E-state index contributed by atoms with van der Waals surface area (Å²) < 4.78 is 3.70. The maximum atomic E-state index is 4.68. The van der Waals surface area contributed by atoms with Gasteiger partial charge in [-0.25, -0.2) is 19.9 Å². The number of aliphatic imine (C=N–C) groups is 1. The Bertz CT molecular complexity index is 744. The third-order valence-electron chi connectivity index (χ3n) is 3.25. The predicted molar refractivity (Wildman–Crippen MR) is 84.9 cm³/mol. The van der Waals surface area contributed by atoms with Crippen LogP contribution in [0, 0.1) is 0 Å². The number of rotatable bonds is 5. The third-order valence-corrected chi connectivity index (χ3v) is 3.25. The van der Waals surface area contributed by atoms with Crippen LogP contribution in [0.5, 0.6) is 0 Å². The Kier molecular flexibility index (Phi) is 3.95. The normalized spacial score (nSPS) is 11.2. The average molecular weight is 295 g/mol. The minimum Gasteiger partial charge on any atom is -0.366 e. The smallest absolute Gasteiger partial charge is 0.166 e. The molecule has 0 bridgehead atoms. The minimum absolute atomic E-state index is 0.726. The maximum Gasteiger partial charge on any atom is 0.166 e. The molecule has 0 amide bonds. The summed E-state index contributed by atoms with van der Waals surface area (Å²) in [6, 6.07) is 3.86. The lowest BCUT2D eigenvalue weighted by Crippen LogP contribution is -2.14. The quantitative estimate of drug-likeness (QED) is 0.534. The van der Waals surface area contributed by atoms with Crippen molar-refractivity contribution in [3.63, 3.8) is 0 Å². The van der Waals surface area contributed by atoms with Crippen LogP contribution in [0.25, 0.3) is 11.6 Å². The van der Waals surface area contributed by atoms with E-state index in [1.807, 2.05) is 45.6 Å². The lowest BCUT2D eigenvalue weighted by atomic mass is 10.3. The van der Waals surface area contributed by atoms with Crippen LogP contribution in [0.4, 0.5) is 5.69 Å². The summed E-state index contributed by atoms with van der Waals surface area (Å²) in [5, 5.41) is 0. The molecule has 7 nitrogen and oxygen atoms in total. The highest BCUT2D eigenvalue weighted by Crippen LogP contribution is 2.22. The average Bonchev–Trinajstić information content (AvgIpc) is 3.25. The summed E-state index contributed by atoms with van der Waals surface area (Å²) in [6.45, 7) is 2.97. The molecule has 3 aromatic heterocycles. The molecule has 0 N–H and O–H groups in total. The largest absolute Gasteiger partial charge is 0.366 e. The molecule has 0 saturated heterocycles. The molecular formula is C15H17N7. The number of nitrogens with zero attached hydrogens (tertiary/aromatic N) is 7. The Morgan fingerprint density at radius 2 is 1.86 bits per heavy atom. The lowest BCUT2D eigenvalue weighted by molar-refractivity contribution is 0.552. The Balaban J connectivity index is 2.04. The summed E-state index contributed by atoms with van der Waals surface area (Å²) in [5.41, 5.74) is 0.780. The van der Waals surface area contributed by atoms with Gasteiger partial charge in [-0.05, 0) is 19.1 Å². The van der Waals surface area contributed by atoms with Gasteiger partial charge in [-0.15, -0.1) is 0 Å². The first kappa shape index (κ1) is 14.0. The fraction of sp³-hybridized carbons (Fsp3) is 0.200. The van der Waals surface area contributed by atoms with E-state index in [9.17, 15) is 0 Å². The molecule has 0 atom stereocenters. The van der Waals surface area contributed by atoms with Gasteiger partial charge in [0.15, 0.2) is 5.82 Å². The van der Waals surface area contributed by atoms with Crippen molar-refractivity contribution in [2.45, 2.75) is 6.92 Å². The van der Waals surface area contributed by atoms with Gasteiger partial charge in [-0.2, -0.15) is 0 Å². The summed E-state index contributed by atoms with van der Waals surface area (Å²) in [7, 11) is 1.98. The van der Waals surface area contributed by atoms with Crippen LogP contribution in [0.15, 0.2) is 54.6 Å². The van der Waals surface area contributed by atoms with Crippen LogP contribution >= 0.6 is 0 Å². The Morgan fingerprint density at radius 1 is 1.14 bits per heavy atom. The fourth-order valence-electron chi connectivity index (χ4n) is 1.89. The second-order valence-corrected chi connectivity index (χ2v) is 4.77. The van der Waals surface area contributed by atoms with Gasteiger partial charge in [0.1, 0.15) is 24.2 Å². The second kappa shape index (κ2) is 6.21. The van der Waals surface area contributed by atoms with E-state index in [-0.39, 0.29) is 0 Å². The zero-order valence-corrected chi connectivity index (χ0v) is 12.5. The zero-order valence-electron chi connectivity index (χ0n) is 12.5. The molecule has 0 spiro atoms. The highest BCUT2D eigenvalue weighted by molar-refractivity contribution is 5.65. The second-order valence-electron chi connectivity index (χ2n) is 4.77. The fourth-order valence-corrected chi connectivity index (χ4v) is 1.89. The first-order valence-corrected chi connectivity index (χ1v) is 7.00. The van der Waals surface area contributed by atoms with Crippen LogP contribution in [0.3, 0.4) is 0 Å². The molecule has 22 heavy (non-hydrogen) atoms. The van der Waals surface area contributed by atoms with Crippen molar-refractivity contribution < 1.29 is 0 Å². The van der Waals surface area contributed by atoms with E-state index >= 15 is 0 Å². The van der Waals surface area contributed by atoms with Gasteiger partial charge < -0.3 is 4.90 Å². The Morgan fingerprint density at radius 3 is 2.50 bits per heavy atom.